The monoisotopic (exact) mass is 244 g/mol. The lowest BCUT2D eigenvalue weighted by molar-refractivity contribution is 0.384. The molecule has 2 aromatic heterocycles. The zero-order valence-electron chi connectivity index (χ0n) is 10.4. The number of rotatable bonds is 1. The van der Waals surface area contributed by atoms with Crippen molar-refractivity contribution in [2.24, 2.45) is 11.8 Å². The summed E-state index contributed by atoms with van der Waals surface area (Å²) < 4.78 is 5.78. The molecule has 2 fully saturated rings. The fourth-order valence-electron chi connectivity index (χ4n) is 3.29. The zero-order valence-corrected chi connectivity index (χ0v) is 10.4. The molecule has 94 valence electrons. The highest BCUT2D eigenvalue weighted by Crippen LogP contribution is 2.33. The van der Waals surface area contributed by atoms with Crippen LogP contribution < -0.4 is 4.90 Å². The van der Waals surface area contributed by atoms with Crippen molar-refractivity contribution < 1.29 is 4.42 Å². The summed E-state index contributed by atoms with van der Waals surface area (Å²) in [6, 6.07) is 2.66. The molecule has 0 radical (unpaired) electrons. The van der Waals surface area contributed by atoms with Gasteiger partial charge in [0, 0.05) is 32.4 Å². The van der Waals surface area contributed by atoms with Crippen LogP contribution in [0.4, 0.5) is 6.01 Å². The Morgan fingerprint density at radius 1 is 1.22 bits per heavy atom. The number of hydrogen-bond donors (Lipinski definition) is 0. The van der Waals surface area contributed by atoms with E-state index in [0.29, 0.717) is 0 Å². The van der Waals surface area contributed by atoms with Crippen molar-refractivity contribution in [2.45, 2.75) is 0 Å². The van der Waals surface area contributed by atoms with E-state index in [2.05, 4.69) is 26.8 Å². The van der Waals surface area contributed by atoms with E-state index in [9.17, 15) is 0 Å². The largest absolute Gasteiger partial charge is 0.422 e. The Morgan fingerprint density at radius 3 is 2.72 bits per heavy atom. The van der Waals surface area contributed by atoms with E-state index in [1.807, 2.05) is 6.07 Å². The number of aromatic nitrogens is 2. The summed E-state index contributed by atoms with van der Waals surface area (Å²) >= 11 is 0. The van der Waals surface area contributed by atoms with E-state index in [1.54, 1.807) is 12.4 Å². The molecule has 2 aliphatic rings. The third kappa shape index (κ3) is 1.50. The zero-order chi connectivity index (χ0) is 12.1. The van der Waals surface area contributed by atoms with Crippen LogP contribution in [0.2, 0.25) is 0 Å². The van der Waals surface area contributed by atoms with Gasteiger partial charge in [-0.05, 0) is 24.9 Å². The quantitative estimate of drug-likeness (QED) is 0.754. The van der Waals surface area contributed by atoms with Gasteiger partial charge < -0.3 is 14.2 Å². The summed E-state index contributed by atoms with van der Waals surface area (Å²) in [4.78, 5) is 13.3. The minimum Gasteiger partial charge on any atom is -0.422 e. The molecule has 0 N–H and O–H groups in total. The Hall–Kier alpha value is -1.62. The number of likely N-dealkylation sites (tertiary alicyclic amines) is 1. The molecule has 2 aromatic rings. The van der Waals surface area contributed by atoms with Crippen LogP contribution in [0.25, 0.3) is 11.1 Å². The fourth-order valence-corrected chi connectivity index (χ4v) is 3.29. The number of hydrogen-bond acceptors (Lipinski definition) is 5. The Bertz CT molecular complexity index is 534. The van der Waals surface area contributed by atoms with Gasteiger partial charge >= 0.3 is 0 Å². The normalized spacial score (nSPS) is 28.2. The second kappa shape index (κ2) is 3.68. The van der Waals surface area contributed by atoms with Gasteiger partial charge in [-0.15, -0.1) is 0 Å². The molecule has 2 unspecified atom stereocenters. The van der Waals surface area contributed by atoms with Crippen LogP contribution in [-0.2, 0) is 0 Å². The van der Waals surface area contributed by atoms with E-state index in [0.717, 1.165) is 42.0 Å². The highest BCUT2D eigenvalue weighted by atomic mass is 16.4. The summed E-state index contributed by atoms with van der Waals surface area (Å²) in [5.74, 6) is 1.53. The number of fused-ring (bicyclic) bond motifs is 2. The minimum absolute atomic E-state index is 0.759. The first-order chi connectivity index (χ1) is 8.79. The predicted octanol–water partition coefficient (Wildman–Crippen LogP) is 1.22. The predicted molar refractivity (Wildman–Crippen MR) is 68.5 cm³/mol. The Balaban J connectivity index is 1.61. The molecule has 4 rings (SSSR count). The average molecular weight is 244 g/mol. The van der Waals surface area contributed by atoms with Gasteiger partial charge in [-0.25, -0.2) is 0 Å². The first kappa shape index (κ1) is 10.3. The molecule has 0 aromatic carbocycles. The van der Waals surface area contributed by atoms with Crippen LogP contribution in [0.15, 0.2) is 22.9 Å². The molecule has 0 saturated carbocycles. The molecule has 18 heavy (non-hydrogen) atoms. The van der Waals surface area contributed by atoms with Gasteiger partial charge in [0.05, 0.1) is 6.20 Å². The molecule has 5 heteroatoms. The second-order valence-electron chi connectivity index (χ2n) is 5.49. The molecular formula is C13H16N4O. The van der Waals surface area contributed by atoms with Gasteiger partial charge in [0.15, 0.2) is 5.58 Å². The summed E-state index contributed by atoms with van der Waals surface area (Å²) in [7, 11) is 2.20. The minimum atomic E-state index is 0.759. The second-order valence-corrected chi connectivity index (χ2v) is 5.49. The van der Waals surface area contributed by atoms with Crippen molar-refractivity contribution >= 4 is 17.1 Å². The third-order valence-electron chi connectivity index (χ3n) is 4.12. The van der Waals surface area contributed by atoms with E-state index in [4.69, 9.17) is 4.42 Å². The Morgan fingerprint density at radius 2 is 2.00 bits per heavy atom. The van der Waals surface area contributed by atoms with E-state index < -0.39 is 0 Å². The van der Waals surface area contributed by atoms with E-state index in [-0.39, 0.29) is 0 Å². The van der Waals surface area contributed by atoms with E-state index in [1.165, 1.54) is 13.1 Å². The molecule has 2 atom stereocenters. The molecule has 0 bridgehead atoms. The van der Waals surface area contributed by atoms with Crippen molar-refractivity contribution in [3.8, 4) is 0 Å². The van der Waals surface area contributed by atoms with Crippen LogP contribution in [-0.4, -0.2) is 48.1 Å². The molecule has 4 heterocycles. The van der Waals surface area contributed by atoms with Gasteiger partial charge in [-0.3, -0.25) is 4.98 Å². The van der Waals surface area contributed by atoms with Crippen molar-refractivity contribution in [1.29, 1.82) is 0 Å². The third-order valence-corrected chi connectivity index (χ3v) is 4.12. The molecule has 5 nitrogen and oxygen atoms in total. The molecule has 2 aliphatic heterocycles. The molecule has 0 aliphatic carbocycles. The number of oxazole rings is 1. The average Bonchev–Trinajstić information content (AvgIpc) is 2.98. The maximum absolute atomic E-state index is 5.78. The maximum atomic E-state index is 5.78. The van der Waals surface area contributed by atoms with Crippen molar-refractivity contribution in [3.05, 3.63) is 18.5 Å². The van der Waals surface area contributed by atoms with Crippen LogP contribution in [0.1, 0.15) is 0 Å². The van der Waals surface area contributed by atoms with Gasteiger partial charge in [-0.2, -0.15) is 4.98 Å². The number of pyridine rings is 1. The molecule has 2 saturated heterocycles. The van der Waals surface area contributed by atoms with Crippen molar-refractivity contribution in [1.82, 2.24) is 14.9 Å². The fraction of sp³-hybridized carbons (Fsp3) is 0.538. The van der Waals surface area contributed by atoms with Crippen molar-refractivity contribution in [3.63, 3.8) is 0 Å². The van der Waals surface area contributed by atoms with Crippen LogP contribution in [0, 0.1) is 11.8 Å². The number of anilines is 1. The van der Waals surface area contributed by atoms with Gasteiger partial charge in [0.2, 0.25) is 0 Å². The summed E-state index contributed by atoms with van der Waals surface area (Å²) in [6.07, 6.45) is 3.48. The smallest absolute Gasteiger partial charge is 0.298 e. The SMILES string of the molecule is CN1CC2CN(c3nc4ccncc4o3)CC2C1. The number of nitrogens with zero attached hydrogens (tertiary/aromatic N) is 4. The highest BCUT2D eigenvalue weighted by molar-refractivity contribution is 5.73. The van der Waals surface area contributed by atoms with Gasteiger partial charge in [0.1, 0.15) is 5.52 Å². The Labute approximate surface area is 105 Å². The summed E-state index contributed by atoms with van der Waals surface area (Å²) in [5.41, 5.74) is 1.68. The first-order valence-electron chi connectivity index (χ1n) is 6.43. The lowest BCUT2D eigenvalue weighted by Crippen LogP contribution is -2.26. The van der Waals surface area contributed by atoms with Crippen LogP contribution in [0.5, 0.6) is 0 Å². The molecule has 0 spiro atoms. The molecular weight excluding hydrogens is 228 g/mol. The van der Waals surface area contributed by atoms with Crippen LogP contribution in [0.3, 0.4) is 0 Å². The van der Waals surface area contributed by atoms with Crippen molar-refractivity contribution in [2.75, 3.05) is 38.1 Å². The van der Waals surface area contributed by atoms with Gasteiger partial charge in [-0.1, -0.05) is 0 Å². The van der Waals surface area contributed by atoms with E-state index >= 15 is 0 Å². The Kier molecular flexibility index (Phi) is 2.11. The maximum Gasteiger partial charge on any atom is 0.298 e. The first-order valence-corrected chi connectivity index (χ1v) is 6.43. The lowest BCUT2D eigenvalue weighted by atomic mass is 10.0. The highest BCUT2D eigenvalue weighted by Gasteiger charge is 2.40. The topological polar surface area (TPSA) is 45.4 Å². The van der Waals surface area contributed by atoms with Crippen LogP contribution >= 0.6 is 0 Å². The van der Waals surface area contributed by atoms with Gasteiger partial charge in [0.25, 0.3) is 6.01 Å². The standard InChI is InChI=1S/C13H16N4O/c1-16-5-9-7-17(8-10(9)6-16)13-15-11-2-3-14-4-12(11)18-13/h2-4,9-10H,5-8H2,1H3. The lowest BCUT2D eigenvalue weighted by Gasteiger charge is -2.16. The molecule has 0 amide bonds. The summed E-state index contributed by atoms with van der Waals surface area (Å²) in [6.45, 7) is 4.52. The summed E-state index contributed by atoms with van der Waals surface area (Å²) in [5, 5.41) is 0.